The Morgan fingerprint density at radius 3 is 2.38 bits per heavy atom. The summed E-state index contributed by atoms with van der Waals surface area (Å²) in [6.45, 7) is 0. The van der Waals surface area contributed by atoms with Crippen LogP contribution in [0.4, 0.5) is 4.53 Å². The number of halogens is 1. The van der Waals surface area contributed by atoms with Gasteiger partial charge in [0.1, 0.15) is 0 Å². The zero-order valence-electron chi connectivity index (χ0n) is 4.10. The lowest BCUT2D eigenvalue weighted by atomic mass is 10.3. The van der Waals surface area contributed by atoms with Crippen molar-refractivity contribution in [1.82, 2.24) is 0 Å². The van der Waals surface area contributed by atoms with Crippen LogP contribution in [0, 0.1) is 6.07 Å². The second-order valence-corrected chi connectivity index (χ2v) is 1.31. The molecule has 1 rings (SSSR count). The highest BCUT2D eigenvalue weighted by Crippen LogP contribution is 2.06. The summed E-state index contributed by atoms with van der Waals surface area (Å²) in [5.41, 5.74) is 0. The molecule has 41 valence electrons. The highest BCUT2D eigenvalue weighted by Gasteiger charge is 1.84. The largest absolute Gasteiger partial charge is 0.294 e. The summed E-state index contributed by atoms with van der Waals surface area (Å²) in [6, 6.07) is 8.85. The fourth-order valence-corrected chi connectivity index (χ4v) is 0.423. The fraction of sp³-hybridized carbons (Fsp3) is 0. The first-order valence-electron chi connectivity index (χ1n) is 2.18. The number of hydrogen-bond acceptors (Lipinski definition) is 1. The van der Waals surface area contributed by atoms with E-state index in [9.17, 15) is 4.53 Å². The SMILES string of the molecule is FOc1cc[c]cc1. The average molecular weight is 111 g/mol. The maximum Gasteiger partial charge on any atom is 0.171 e. The van der Waals surface area contributed by atoms with E-state index >= 15 is 0 Å². The van der Waals surface area contributed by atoms with Crippen molar-refractivity contribution in [3.05, 3.63) is 30.3 Å². The van der Waals surface area contributed by atoms with Crippen LogP contribution in [-0.2, 0) is 0 Å². The van der Waals surface area contributed by atoms with E-state index in [1.807, 2.05) is 0 Å². The van der Waals surface area contributed by atoms with Gasteiger partial charge in [0.25, 0.3) is 0 Å². The monoisotopic (exact) mass is 111 g/mol. The van der Waals surface area contributed by atoms with Crippen molar-refractivity contribution in [2.75, 3.05) is 0 Å². The van der Waals surface area contributed by atoms with E-state index in [0.29, 0.717) is 0 Å². The molecule has 0 saturated heterocycles. The molecule has 0 unspecified atom stereocenters. The van der Waals surface area contributed by atoms with Crippen molar-refractivity contribution in [3.63, 3.8) is 0 Å². The summed E-state index contributed by atoms with van der Waals surface area (Å²) in [7, 11) is 0. The minimum absolute atomic E-state index is 0.212. The Morgan fingerprint density at radius 2 is 2.00 bits per heavy atom. The van der Waals surface area contributed by atoms with Crippen molar-refractivity contribution in [2.24, 2.45) is 0 Å². The fourth-order valence-electron chi connectivity index (χ4n) is 0.423. The molecule has 0 saturated carbocycles. The Morgan fingerprint density at radius 1 is 1.38 bits per heavy atom. The summed E-state index contributed by atoms with van der Waals surface area (Å²) in [5, 5.41) is 0. The Bertz CT molecular complexity index is 150. The smallest absolute Gasteiger partial charge is 0.171 e. The summed E-state index contributed by atoms with van der Waals surface area (Å²) in [6.07, 6.45) is 0. The standard InChI is InChI=1S/C6H4FO/c7-8-6-4-2-1-3-5-6/h2-5H. The predicted octanol–water partition coefficient (Wildman–Crippen LogP) is 1.75. The summed E-state index contributed by atoms with van der Waals surface area (Å²) in [5.74, 6) is 0.212. The van der Waals surface area contributed by atoms with E-state index in [-0.39, 0.29) is 5.75 Å². The van der Waals surface area contributed by atoms with Crippen molar-refractivity contribution in [1.29, 1.82) is 0 Å². The molecule has 0 N–H and O–H groups in total. The minimum Gasteiger partial charge on any atom is -0.294 e. The minimum atomic E-state index is 0.212. The molecular weight excluding hydrogens is 107 g/mol. The van der Waals surface area contributed by atoms with Gasteiger partial charge in [0, 0.05) is 4.53 Å². The molecule has 0 aliphatic carbocycles. The third-order valence-corrected chi connectivity index (χ3v) is 0.777. The van der Waals surface area contributed by atoms with Gasteiger partial charge in [-0.05, 0) is 18.2 Å². The first-order chi connectivity index (χ1) is 3.93. The molecule has 1 radical (unpaired) electrons. The third kappa shape index (κ3) is 0.964. The Hall–Kier alpha value is -1.05. The second-order valence-electron chi connectivity index (χ2n) is 1.31. The Labute approximate surface area is 46.6 Å². The van der Waals surface area contributed by atoms with Gasteiger partial charge < -0.3 is 0 Å². The predicted molar refractivity (Wildman–Crippen MR) is 27.0 cm³/mol. The highest BCUT2D eigenvalue weighted by atomic mass is 19.3. The van der Waals surface area contributed by atoms with Crippen LogP contribution < -0.4 is 4.94 Å². The molecule has 2 heteroatoms. The van der Waals surface area contributed by atoms with Crippen LogP contribution in [0.25, 0.3) is 0 Å². The molecule has 0 heterocycles. The molecule has 0 bridgehead atoms. The first kappa shape index (κ1) is 5.09. The van der Waals surface area contributed by atoms with Crippen LogP contribution in [0.2, 0.25) is 0 Å². The van der Waals surface area contributed by atoms with Gasteiger partial charge in [-0.25, -0.2) is 0 Å². The molecular formula is C6H4FO. The maximum absolute atomic E-state index is 11.2. The molecule has 0 aromatic heterocycles. The summed E-state index contributed by atoms with van der Waals surface area (Å²) < 4.78 is 11.2. The molecule has 0 spiro atoms. The van der Waals surface area contributed by atoms with Crippen molar-refractivity contribution in [3.8, 4) is 5.75 Å². The lowest BCUT2D eigenvalue weighted by Crippen LogP contribution is -1.71. The molecule has 0 aliphatic heterocycles. The van der Waals surface area contributed by atoms with E-state index in [1.165, 1.54) is 12.1 Å². The second kappa shape index (κ2) is 2.31. The van der Waals surface area contributed by atoms with Crippen LogP contribution in [0.5, 0.6) is 5.75 Å². The quantitative estimate of drug-likeness (QED) is 0.536. The molecule has 0 aliphatic rings. The van der Waals surface area contributed by atoms with Gasteiger partial charge in [-0.2, -0.15) is 0 Å². The molecule has 0 fully saturated rings. The highest BCUT2D eigenvalue weighted by molar-refractivity contribution is 5.19. The molecule has 1 nitrogen and oxygen atoms in total. The van der Waals surface area contributed by atoms with Crippen LogP contribution in [0.3, 0.4) is 0 Å². The molecule has 0 amide bonds. The number of rotatable bonds is 1. The Balaban J connectivity index is 2.83. The third-order valence-electron chi connectivity index (χ3n) is 0.777. The van der Waals surface area contributed by atoms with Gasteiger partial charge in [-0.3, -0.25) is 4.94 Å². The van der Waals surface area contributed by atoms with Gasteiger partial charge in [-0.1, -0.05) is 12.1 Å². The summed E-state index contributed by atoms with van der Waals surface area (Å²) in [4.78, 5) is 3.39. The van der Waals surface area contributed by atoms with Crippen LogP contribution in [-0.4, -0.2) is 0 Å². The van der Waals surface area contributed by atoms with E-state index < -0.39 is 0 Å². The van der Waals surface area contributed by atoms with E-state index in [2.05, 4.69) is 11.0 Å². The normalized spacial score (nSPS) is 8.62. The topological polar surface area (TPSA) is 9.23 Å². The van der Waals surface area contributed by atoms with Crippen LogP contribution in [0.1, 0.15) is 0 Å². The van der Waals surface area contributed by atoms with Crippen molar-refractivity contribution >= 4 is 0 Å². The van der Waals surface area contributed by atoms with E-state index in [0.717, 1.165) is 0 Å². The van der Waals surface area contributed by atoms with Gasteiger partial charge >= 0.3 is 0 Å². The Kier molecular flexibility index (Phi) is 1.47. The zero-order chi connectivity index (χ0) is 5.82. The van der Waals surface area contributed by atoms with E-state index in [4.69, 9.17) is 0 Å². The lowest BCUT2D eigenvalue weighted by molar-refractivity contribution is -0.00620. The number of hydrogen-bond donors (Lipinski definition) is 0. The van der Waals surface area contributed by atoms with Gasteiger partial charge in [0.15, 0.2) is 5.75 Å². The maximum atomic E-state index is 11.2. The molecule has 1 aromatic rings. The van der Waals surface area contributed by atoms with Gasteiger partial charge in [0.05, 0.1) is 0 Å². The van der Waals surface area contributed by atoms with Crippen LogP contribution in [0.15, 0.2) is 24.3 Å². The molecule has 0 atom stereocenters. The van der Waals surface area contributed by atoms with Gasteiger partial charge in [-0.15, -0.1) is 0 Å². The zero-order valence-corrected chi connectivity index (χ0v) is 4.10. The molecule has 1 aromatic carbocycles. The van der Waals surface area contributed by atoms with Crippen molar-refractivity contribution in [2.45, 2.75) is 0 Å². The van der Waals surface area contributed by atoms with Gasteiger partial charge in [0.2, 0.25) is 0 Å². The summed E-state index contributed by atoms with van der Waals surface area (Å²) >= 11 is 0. The van der Waals surface area contributed by atoms with Crippen molar-refractivity contribution < 1.29 is 9.47 Å². The first-order valence-corrected chi connectivity index (χ1v) is 2.18. The number of benzene rings is 1. The van der Waals surface area contributed by atoms with Crippen LogP contribution >= 0.6 is 0 Å². The molecule has 8 heavy (non-hydrogen) atoms. The lowest BCUT2D eigenvalue weighted by Gasteiger charge is -1.86. The average Bonchev–Trinajstić information content (AvgIpc) is 1.90. The van der Waals surface area contributed by atoms with E-state index in [1.54, 1.807) is 12.1 Å².